The van der Waals surface area contributed by atoms with Crippen LogP contribution < -0.4 is 4.90 Å². The van der Waals surface area contributed by atoms with Crippen molar-refractivity contribution in [1.29, 1.82) is 0 Å². The highest BCUT2D eigenvalue weighted by Gasteiger charge is 2.47. The number of fused-ring (bicyclic) bond motifs is 2. The average Bonchev–Trinajstić information content (AvgIpc) is 3.45. The molecule has 1 aromatic heterocycles. The van der Waals surface area contributed by atoms with Crippen molar-refractivity contribution in [2.24, 2.45) is 7.05 Å². The first-order valence-corrected chi connectivity index (χ1v) is 10.5. The highest BCUT2D eigenvalue weighted by molar-refractivity contribution is 5.95. The van der Waals surface area contributed by atoms with Crippen molar-refractivity contribution in [1.82, 2.24) is 19.4 Å². The van der Waals surface area contributed by atoms with Gasteiger partial charge in [-0.25, -0.2) is 9.78 Å². The number of aromatic nitrogens is 2. The molecular weight excluding hydrogens is 350 g/mol. The molecule has 0 radical (unpaired) electrons. The lowest BCUT2D eigenvalue weighted by atomic mass is 9.74. The summed E-state index contributed by atoms with van der Waals surface area (Å²) in [6.45, 7) is 5.72. The number of hydrogen-bond donors (Lipinski definition) is 0. The predicted octanol–water partition coefficient (Wildman–Crippen LogP) is 2.99. The van der Waals surface area contributed by atoms with E-state index >= 15 is 0 Å². The molecule has 1 aromatic carbocycles. The first-order valence-electron chi connectivity index (χ1n) is 10.5. The first kappa shape index (κ1) is 17.7. The molecule has 3 aliphatic rings. The minimum absolute atomic E-state index is 0.106. The van der Waals surface area contributed by atoms with Crippen molar-refractivity contribution >= 4 is 11.7 Å². The van der Waals surface area contributed by atoms with E-state index in [4.69, 9.17) is 0 Å². The molecule has 1 spiro atoms. The summed E-state index contributed by atoms with van der Waals surface area (Å²) in [6, 6.07) is 8.80. The molecule has 0 N–H and O–H groups in total. The zero-order valence-corrected chi connectivity index (χ0v) is 16.7. The van der Waals surface area contributed by atoms with Crippen molar-refractivity contribution in [2.75, 3.05) is 37.6 Å². The van der Waals surface area contributed by atoms with Crippen LogP contribution in [0, 0.1) is 0 Å². The van der Waals surface area contributed by atoms with Crippen LogP contribution in [0.5, 0.6) is 0 Å². The second-order valence-corrected chi connectivity index (χ2v) is 8.63. The number of likely N-dealkylation sites (tertiary alicyclic amines) is 2. The molecule has 6 heteroatoms. The Hall–Kier alpha value is -2.34. The Bertz CT molecular complexity index is 861. The molecule has 5 rings (SSSR count). The summed E-state index contributed by atoms with van der Waals surface area (Å²) in [5.74, 6) is 0. The van der Waals surface area contributed by atoms with Crippen LogP contribution in [-0.4, -0.2) is 58.1 Å². The quantitative estimate of drug-likeness (QED) is 0.806. The van der Waals surface area contributed by atoms with Crippen LogP contribution in [0.3, 0.4) is 0 Å². The molecule has 0 unspecified atom stereocenters. The Morgan fingerprint density at radius 3 is 2.57 bits per heavy atom. The highest BCUT2D eigenvalue weighted by Crippen LogP contribution is 2.47. The van der Waals surface area contributed by atoms with E-state index in [1.807, 2.05) is 17.4 Å². The Morgan fingerprint density at radius 2 is 1.86 bits per heavy atom. The van der Waals surface area contributed by atoms with Gasteiger partial charge in [-0.1, -0.05) is 18.2 Å². The van der Waals surface area contributed by atoms with Crippen LogP contribution in [0.15, 0.2) is 36.8 Å². The zero-order chi connectivity index (χ0) is 19.1. The van der Waals surface area contributed by atoms with Crippen molar-refractivity contribution in [3.63, 3.8) is 0 Å². The minimum atomic E-state index is 0.106. The summed E-state index contributed by atoms with van der Waals surface area (Å²) >= 11 is 0. The molecule has 28 heavy (non-hydrogen) atoms. The molecule has 4 heterocycles. The molecular formula is C22H29N5O. The Morgan fingerprint density at radius 1 is 1.11 bits per heavy atom. The number of nitrogens with zero attached hydrogens (tertiary/aromatic N) is 5. The van der Waals surface area contributed by atoms with Gasteiger partial charge in [0, 0.05) is 50.5 Å². The summed E-state index contributed by atoms with van der Waals surface area (Å²) in [7, 11) is 2.06. The predicted molar refractivity (Wildman–Crippen MR) is 109 cm³/mol. The van der Waals surface area contributed by atoms with E-state index in [9.17, 15) is 4.79 Å². The molecule has 3 aliphatic heterocycles. The van der Waals surface area contributed by atoms with Gasteiger partial charge >= 0.3 is 6.03 Å². The summed E-state index contributed by atoms with van der Waals surface area (Å²) in [5, 5.41) is 0. The third-order valence-corrected chi connectivity index (χ3v) is 6.95. The average molecular weight is 380 g/mol. The van der Waals surface area contributed by atoms with Gasteiger partial charge in [0.15, 0.2) is 0 Å². The lowest BCUT2D eigenvalue weighted by Gasteiger charge is -2.40. The van der Waals surface area contributed by atoms with E-state index < -0.39 is 0 Å². The third kappa shape index (κ3) is 2.91. The second kappa shape index (κ2) is 6.92. The van der Waals surface area contributed by atoms with Crippen molar-refractivity contribution in [2.45, 2.75) is 37.6 Å². The van der Waals surface area contributed by atoms with Crippen LogP contribution in [0.1, 0.15) is 36.9 Å². The largest absolute Gasteiger partial charge is 0.337 e. The van der Waals surface area contributed by atoms with Gasteiger partial charge in [-0.15, -0.1) is 0 Å². The van der Waals surface area contributed by atoms with Gasteiger partial charge in [-0.05, 0) is 50.4 Å². The van der Waals surface area contributed by atoms with E-state index in [1.165, 1.54) is 11.3 Å². The molecule has 148 valence electrons. The molecule has 0 saturated carbocycles. The number of imidazole rings is 1. The van der Waals surface area contributed by atoms with Crippen LogP contribution in [-0.2, 0) is 19.0 Å². The van der Waals surface area contributed by atoms with Gasteiger partial charge in [0.2, 0.25) is 0 Å². The molecule has 0 atom stereocenters. The number of para-hydroxylation sites is 1. The molecule has 2 saturated heterocycles. The fourth-order valence-electron chi connectivity index (χ4n) is 5.21. The fraction of sp³-hybridized carbons (Fsp3) is 0.545. The van der Waals surface area contributed by atoms with Crippen LogP contribution in [0.25, 0.3) is 0 Å². The van der Waals surface area contributed by atoms with Crippen molar-refractivity contribution < 1.29 is 4.79 Å². The number of rotatable bonds is 2. The lowest BCUT2D eigenvalue weighted by Crippen LogP contribution is -2.48. The lowest BCUT2D eigenvalue weighted by molar-refractivity contribution is 0.156. The molecule has 2 aromatic rings. The van der Waals surface area contributed by atoms with Crippen LogP contribution in [0.4, 0.5) is 10.5 Å². The number of carbonyl (C=O) groups is 1. The van der Waals surface area contributed by atoms with Crippen molar-refractivity contribution in [3.8, 4) is 0 Å². The van der Waals surface area contributed by atoms with Crippen LogP contribution in [0.2, 0.25) is 0 Å². The maximum Gasteiger partial charge on any atom is 0.324 e. The molecule has 6 nitrogen and oxygen atoms in total. The molecule has 2 fully saturated rings. The monoisotopic (exact) mass is 379 g/mol. The van der Waals surface area contributed by atoms with Gasteiger partial charge < -0.3 is 9.47 Å². The first-order chi connectivity index (χ1) is 13.7. The van der Waals surface area contributed by atoms with E-state index in [0.29, 0.717) is 0 Å². The summed E-state index contributed by atoms with van der Waals surface area (Å²) < 4.78 is 2.10. The standard InChI is InChI=1S/C22H29N5O/c1-24-17-23-14-18(24)15-25-12-8-22(9-13-25)16-27(20-7-3-2-6-19(20)22)21(28)26-10-4-5-11-26/h2-3,6-7,14,17H,4-5,8-13,15-16H2,1H3. The highest BCUT2D eigenvalue weighted by atomic mass is 16.2. The minimum Gasteiger partial charge on any atom is -0.337 e. The molecule has 0 bridgehead atoms. The Kier molecular flexibility index (Phi) is 4.38. The molecule has 0 aliphatic carbocycles. The van der Waals surface area contributed by atoms with E-state index in [1.54, 1.807) is 0 Å². The maximum absolute atomic E-state index is 13.2. The number of urea groups is 1. The normalized spacial score (nSPS) is 21.5. The van der Waals surface area contributed by atoms with Crippen molar-refractivity contribution in [3.05, 3.63) is 48.0 Å². The maximum atomic E-state index is 13.2. The Labute approximate surface area is 166 Å². The fourth-order valence-corrected chi connectivity index (χ4v) is 5.21. The zero-order valence-electron chi connectivity index (χ0n) is 16.7. The van der Waals surface area contributed by atoms with E-state index in [-0.39, 0.29) is 11.4 Å². The van der Waals surface area contributed by atoms with E-state index in [2.05, 4.69) is 50.7 Å². The van der Waals surface area contributed by atoms with Gasteiger partial charge in [0.25, 0.3) is 0 Å². The SMILES string of the molecule is Cn1cncc1CN1CCC2(CC1)CN(C(=O)N1CCCC1)c1ccccc12. The van der Waals surface area contributed by atoms with E-state index in [0.717, 1.165) is 70.6 Å². The number of piperidine rings is 1. The number of amides is 2. The molecule has 2 amide bonds. The number of carbonyl (C=O) groups excluding carboxylic acids is 1. The summed E-state index contributed by atoms with van der Waals surface area (Å²) in [6.07, 6.45) is 8.31. The van der Waals surface area contributed by atoms with Gasteiger partial charge in [0.1, 0.15) is 0 Å². The van der Waals surface area contributed by atoms with Gasteiger partial charge in [0.05, 0.1) is 12.0 Å². The second-order valence-electron chi connectivity index (χ2n) is 8.63. The third-order valence-electron chi connectivity index (χ3n) is 6.95. The smallest absolute Gasteiger partial charge is 0.324 e. The number of anilines is 1. The number of hydrogen-bond acceptors (Lipinski definition) is 3. The number of benzene rings is 1. The number of aryl methyl sites for hydroxylation is 1. The summed E-state index contributed by atoms with van der Waals surface area (Å²) in [5.41, 5.74) is 3.88. The Balaban J connectivity index is 1.34. The topological polar surface area (TPSA) is 44.6 Å². The van der Waals surface area contributed by atoms with Gasteiger partial charge in [-0.3, -0.25) is 9.80 Å². The van der Waals surface area contributed by atoms with Gasteiger partial charge in [-0.2, -0.15) is 0 Å². The van der Waals surface area contributed by atoms with Crippen LogP contribution >= 0.6 is 0 Å². The summed E-state index contributed by atoms with van der Waals surface area (Å²) in [4.78, 5) is 24.0.